The van der Waals surface area contributed by atoms with E-state index in [0.29, 0.717) is 0 Å². The third kappa shape index (κ3) is 2.22. The van der Waals surface area contributed by atoms with Crippen molar-refractivity contribution in [2.75, 3.05) is 0 Å². The van der Waals surface area contributed by atoms with E-state index in [9.17, 15) is 0 Å². The molecule has 0 bridgehead atoms. The molecular weight excluding hydrogens is 116 g/mol. The van der Waals surface area contributed by atoms with Gasteiger partial charge in [-0.3, -0.25) is 0 Å². The Morgan fingerprint density at radius 3 is 2.38 bits per heavy atom. The van der Waals surface area contributed by atoms with Crippen LogP contribution >= 0.6 is 13.5 Å². The van der Waals surface area contributed by atoms with Crippen LogP contribution in [0.4, 0.5) is 0 Å². The molecule has 0 amide bonds. The summed E-state index contributed by atoms with van der Waals surface area (Å²) in [5, 5.41) is 0. The van der Waals surface area contributed by atoms with Crippen molar-refractivity contribution in [3.63, 3.8) is 0 Å². The fraction of sp³-hybridized carbons (Fsp3) is 0.429. The van der Waals surface area contributed by atoms with Crippen molar-refractivity contribution in [2.45, 2.75) is 19.8 Å². The molecule has 0 aromatic rings. The van der Waals surface area contributed by atoms with Crippen molar-refractivity contribution in [3.05, 3.63) is 23.8 Å². The van der Waals surface area contributed by atoms with E-state index in [1.807, 2.05) is 0 Å². The van der Waals surface area contributed by atoms with Gasteiger partial charge in [-0.25, -0.2) is 0 Å². The summed E-state index contributed by atoms with van der Waals surface area (Å²) in [6, 6.07) is 0. The maximum absolute atomic E-state index is 2.26. The zero-order valence-corrected chi connectivity index (χ0v) is 6.15. The molecule has 0 aliphatic heterocycles. The summed E-state index contributed by atoms with van der Waals surface area (Å²) in [4.78, 5) is 0. The summed E-state index contributed by atoms with van der Waals surface area (Å²) in [6.07, 6.45) is 9.12. The number of hydrogen-bond donors (Lipinski definition) is 0. The van der Waals surface area contributed by atoms with E-state index >= 15 is 0 Å². The molecule has 46 valence electrons. The molecule has 0 radical (unpaired) electrons. The van der Waals surface area contributed by atoms with E-state index in [0.717, 1.165) is 0 Å². The lowest BCUT2D eigenvalue weighted by Gasteiger charge is -1.96. The Labute approximate surface area is 57.7 Å². The molecule has 0 heterocycles. The SMILES string of the molecule is CC1=CCCC=C1.S. The second kappa shape index (κ2) is 3.79. The predicted molar refractivity (Wildman–Crippen MR) is 42.5 cm³/mol. The van der Waals surface area contributed by atoms with E-state index in [1.54, 1.807) is 0 Å². The Morgan fingerprint density at radius 1 is 1.38 bits per heavy atom. The average Bonchev–Trinajstić information content (AvgIpc) is 1.69. The van der Waals surface area contributed by atoms with Gasteiger partial charge >= 0.3 is 0 Å². The summed E-state index contributed by atoms with van der Waals surface area (Å²) in [5.41, 5.74) is 1.41. The molecule has 0 aromatic heterocycles. The van der Waals surface area contributed by atoms with E-state index in [4.69, 9.17) is 0 Å². The first-order valence-corrected chi connectivity index (χ1v) is 2.73. The highest BCUT2D eigenvalue weighted by molar-refractivity contribution is 7.59. The molecule has 1 aliphatic carbocycles. The van der Waals surface area contributed by atoms with Crippen LogP contribution < -0.4 is 0 Å². The van der Waals surface area contributed by atoms with Crippen molar-refractivity contribution < 1.29 is 0 Å². The molecule has 1 rings (SSSR count). The van der Waals surface area contributed by atoms with Crippen LogP contribution in [0.25, 0.3) is 0 Å². The summed E-state index contributed by atoms with van der Waals surface area (Å²) in [5.74, 6) is 0. The van der Waals surface area contributed by atoms with Crippen LogP contribution in [0.15, 0.2) is 23.8 Å². The lowest BCUT2D eigenvalue weighted by molar-refractivity contribution is 1.02. The van der Waals surface area contributed by atoms with Crippen molar-refractivity contribution in [2.24, 2.45) is 0 Å². The first-order valence-electron chi connectivity index (χ1n) is 2.73. The van der Waals surface area contributed by atoms with E-state index < -0.39 is 0 Å². The quantitative estimate of drug-likeness (QED) is 0.470. The maximum atomic E-state index is 2.26. The molecule has 0 saturated heterocycles. The molecule has 0 spiro atoms. The highest BCUT2D eigenvalue weighted by atomic mass is 32.1. The summed E-state index contributed by atoms with van der Waals surface area (Å²) in [7, 11) is 0. The lowest BCUT2D eigenvalue weighted by atomic mass is 10.1. The molecule has 0 aromatic carbocycles. The average molecular weight is 128 g/mol. The Balaban J connectivity index is 0.000000490. The Bertz CT molecular complexity index is 112. The molecular formula is C7H12S. The molecule has 0 saturated carbocycles. The van der Waals surface area contributed by atoms with Gasteiger partial charge in [-0.2, -0.15) is 13.5 Å². The standard InChI is InChI=1S/C7H10.H2S/c1-7-5-3-2-4-6-7;/h3,5-6H,2,4H2,1H3;1H2. The second-order valence-corrected chi connectivity index (χ2v) is 1.93. The molecule has 8 heavy (non-hydrogen) atoms. The first kappa shape index (κ1) is 7.83. The van der Waals surface area contributed by atoms with Crippen LogP contribution in [0.3, 0.4) is 0 Å². The maximum Gasteiger partial charge on any atom is -0.0310 e. The Morgan fingerprint density at radius 2 is 2.12 bits per heavy atom. The van der Waals surface area contributed by atoms with E-state index in [2.05, 4.69) is 25.2 Å². The molecule has 0 nitrogen and oxygen atoms in total. The van der Waals surface area contributed by atoms with Crippen molar-refractivity contribution in [1.29, 1.82) is 0 Å². The normalized spacial score (nSPS) is 16.9. The van der Waals surface area contributed by atoms with Gasteiger partial charge in [-0.05, 0) is 19.8 Å². The minimum absolute atomic E-state index is 0. The Hall–Kier alpha value is -0.170. The molecule has 0 N–H and O–H groups in total. The van der Waals surface area contributed by atoms with E-state index in [1.165, 1.54) is 18.4 Å². The molecule has 1 heteroatoms. The molecule has 1 aliphatic rings. The van der Waals surface area contributed by atoms with Gasteiger partial charge in [0.15, 0.2) is 0 Å². The van der Waals surface area contributed by atoms with Crippen LogP contribution in [-0.4, -0.2) is 0 Å². The van der Waals surface area contributed by atoms with Crippen LogP contribution in [0.5, 0.6) is 0 Å². The third-order valence-corrected chi connectivity index (χ3v) is 1.18. The minimum atomic E-state index is 0. The first-order chi connectivity index (χ1) is 3.39. The van der Waals surface area contributed by atoms with E-state index in [-0.39, 0.29) is 13.5 Å². The van der Waals surface area contributed by atoms with Gasteiger partial charge < -0.3 is 0 Å². The topological polar surface area (TPSA) is 0 Å². The zero-order chi connectivity index (χ0) is 5.11. The third-order valence-electron chi connectivity index (χ3n) is 1.18. The number of hydrogen-bond acceptors (Lipinski definition) is 0. The summed E-state index contributed by atoms with van der Waals surface area (Å²) < 4.78 is 0. The fourth-order valence-electron chi connectivity index (χ4n) is 0.744. The smallest absolute Gasteiger partial charge is 0.0310 e. The van der Waals surface area contributed by atoms with Gasteiger partial charge in [-0.1, -0.05) is 23.8 Å². The molecule has 0 fully saturated rings. The van der Waals surface area contributed by atoms with Crippen LogP contribution in [0.2, 0.25) is 0 Å². The van der Waals surface area contributed by atoms with Crippen LogP contribution in [0.1, 0.15) is 19.8 Å². The largest absolute Gasteiger partial charge is 0.197 e. The predicted octanol–water partition coefficient (Wildman–Crippen LogP) is 2.40. The van der Waals surface area contributed by atoms with Crippen molar-refractivity contribution >= 4 is 13.5 Å². The number of rotatable bonds is 0. The van der Waals surface area contributed by atoms with Gasteiger partial charge in [0.1, 0.15) is 0 Å². The monoisotopic (exact) mass is 128 g/mol. The number of allylic oxidation sites excluding steroid dienone is 4. The van der Waals surface area contributed by atoms with Crippen LogP contribution in [-0.2, 0) is 0 Å². The van der Waals surface area contributed by atoms with Gasteiger partial charge in [-0.15, -0.1) is 0 Å². The second-order valence-electron chi connectivity index (χ2n) is 1.93. The van der Waals surface area contributed by atoms with Crippen LogP contribution in [0, 0.1) is 0 Å². The van der Waals surface area contributed by atoms with Crippen molar-refractivity contribution in [3.8, 4) is 0 Å². The lowest BCUT2D eigenvalue weighted by Crippen LogP contribution is -1.76. The fourth-order valence-corrected chi connectivity index (χ4v) is 0.744. The van der Waals surface area contributed by atoms with Gasteiger partial charge in [0.2, 0.25) is 0 Å². The summed E-state index contributed by atoms with van der Waals surface area (Å²) >= 11 is 0. The van der Waals surface area contributed by atoms with Gasteiger partial charge in [0.05, 0.1) is 0 Å². The molecule has 0 atom stereocenters. The highest BCUT2D eigenvalue weighted by Gasteiger charge is 1.86. The zero-order valence-electron chi connectivity index (χ0n) is 5.15. The van der Waals surface area contributed by atoms with Gasteiger partial charge in [0.25, 0.3) is 0 Å². The Kier molecular flexibility index (Phi) is 3.71. The molecule has 0 unspecified atom stereocenters. The highest BCUT2D eigenvalue weighted by Crippen LogP contribution is 2.06. The van der Waals surface area contributed by atoms with Crippen molar-refractivity contribution in [1.82, 2.24) is 0 Å². The minimum Gasteiger partial charge on any atom is -0.197 e. The summed E-state index contributed by atoms with van der Waals surface area (Å²) in [6.45, 7) is 2.13. The van der Waals surface area contributed by atoms with Gasteiger partial charge in [0, 0.05) is 0 Å².